The number of H-pyrrole nitrogens is 1. The van der Waals surface area contributed by atoms with Crippen LogP contribution in [0.15, 0.2) is 12.4 Å². The first-order chi connectivity index (χ1) is 7.36. The van der Waals surface area contributed by atoms with Crippen LogP contribution in [0.3, 0.4) is 0 Å². The molecule has 2 aliphatic rings. The minimum atomic E-state index is 0.615. The van der Waals surface area contributed by atoms with E-state index in [4.69, 9.17) is 0 Å². The molecule has 0 bridgehead atoms. The molecule has 3 atom stereocenters. The van der Waals surface area contributed by atoms with Crippen LogP contribution >= 0.6 is 0 Å². The van der Waals surface area contributed by atoms with Crippen LogP contribution < -0.4 is 5.32 Å². The van der Waals surface area contributed by atoms with Gasteiger partial charge in [-0.3, -0.25) is 0 Å². The van der Waals surface area contributed by atoms with Gasteiger partial charge in [-0.2, -0.15) is 0 Å². The number of aromatic nitrogens is 2. The third kappa shape index (κ3) is 1.81. The van der Waals surface area contributed by atoms with Gasteiger partial charge in [-0.25, -0.2) is 4.98 Å². The van der Waals surface area contributed by atoms with E-state index in [0.29, 0.717) is 6.04 Å². The standard InChI is InChI=1S/C12H19N3/c1-13-11(7-12-14-2-3-15-12)10-5-8-4-9(8)6-10/h2-3,8-11,13H,4-7H2,1H3,(H,14,15). The summed E-state index contributed by atoms with van der Waals surface area (Å²) in [5, 5.41) is 3.46. The summed E-state index contributed by atoms with van der Waals surface area (Å²) in [6.45, 7) is 0. The van der Waals surface area contributed by atoms with Crippen molar-refractivity contribution in [2.75, 3.05) is 7.05 Å². The van der Waals surface area contributed by atoms with Crippen molar-refractivity contribution >= 4 is 0 Å². The number of likely N-dealkylation sites (N-methyl/N-ethyl adjacent to an activating group) is 1. The summed E-state index contributed by atoms with van der Waals surface area (Å²) in [5.74, 6) is 4.14. The minimum Gasteiger partial charge on any atom is -0.349 e. The van der Waals surface area contributed by atoms with E-state index in [9.17, 15) is 0 Å². The van der Waals surface area contributed by atoms with Crippen LogP contribution in [0.2, 0.25) is 0 Å². The largest absolute Gasteiger partial charge is 0.349 e. The zero-order valence-corrected chi connectivity index (χ0v) is 9.24. The molecule has 0 aromatic carbocycles. The molecule has 2 N–H and O–H groups in total. The van der Waals surface area contributed by atoms with Crippen molar-refractivity contribution in [3.05, 3.63) is 18.2 Å². The van der Waals surface area contributed by atoms with Crippen LogP contribution in [0.1, 0.15) is 25.1 Å². The van der Waals surface area contributed by atoms with Crippen LogP contribution in [-0.4, -0.2) is 23.1 Å². The first-order valence-corrected chi connectivity index (χ1v) is 6.02. The van der Waals surface area contributed by atoms with Crippen LogP contribution in [0.5, 0.6) is 0 Å². The lowest BCUT2D eigenvalue weighted by molar-refractivity contribution is 0.345. The molecule has 0 spiro atoms. The third-order valence-corrected chi connectivity index (χ3v) is 4.19. The lowest BCUT2D eigenvalue weighted by atomic mass is 9.92. The first-order valence-electron chi connectivity index (χ1n) is 6.02. The van der Waals surface area contributed by atoms with Gasteiger partial charge >= 0.3 is 0 Å². The fourth-order valence-electron chi connectivity index (χ4n) is 3.21. The zero-order valence-electron chi connectivity index (χ0n) is 9.24. The Hall–Kier alpha value is -0.830. The summed E-state index contributed by atoms with van der Waals surface area (Å²) in [6, 6.07) is 0.615. The van der Waals surface area contributed by atoms with E-state index in [-0.39, 0.29) is 0 Å². The van der Waals surface area contributed by atoms with Gasteiger partial charge in [0.15, 0.2) is 0 Å². The molecule has 0 saturated heterocycles. The Balaban J connectivity index is 1.61. The quantitative estimate of drug-likeness (QED) is 0.783. The van der Waals surface area contributed by atoms with E-state index in [1.807, 2.05) is 12.4 Å². The molecule has 15 heavy (non-hydrogen) atoms. The highest BCUT2D eigenvalue weighted by Crippen LogP contribution is 2.55. The Bertz CT molecular complexity index is 310. The van der Waals surface area contributed by atoms with E-state index >= 15 is 0 Å². The zero-order chi connectivity index (χ0) is 10.3. The maximum absolute atomic E-state index is 4.31. The average molecular weight is 205 g/mol. The summed E-state index contributed by atoms with van der Waals surface area (Å²) in [4.78, 5) is 7.51. The highest BCUT2D eigenvalue weighted by molar-refractivity contribution is 5.01. The number of imidazole rings is 1. The predicted octanol–water partition coefficient (Wildman–Crippen LogP) is 1.59. The molecular weight excluding hydrogens is 186 g/mol. The molecule has 0 aliphatic heterocycles. The molecule has 3 heteroatoms. The SMILES string of the molecule is CNC(Cc1ncc[nH]1)C1CC2CC2C1. The summed E-state index contributed by atoms with van der Waals surface area (Å²) < 4.78 is 0. The number of nitrogens with one attached hydrogen (secondary N) is 2. The van der Waals surface area contributed by atoms with Gasteiger partial charge in [-0.1, -0.05) is 0 Å². The van der Waals surface area contributed by atoms with Gasteiger partial charge in [0.2, 0.25) is 0 Å². The number of hydrogen-bond acceptors (Lipinski definition) is 2. The van der Waals surface area contributed by atoms with Gasteiger partial charge in [-0.05, 0) is 44.1 Å². The molecule has 2 aliphatic carbocycles. The molecular formula is C12H19N3. The molecule has 3 nitrogen and oxygen atoms in total. The molecule has 3 unspecified atom stereocenters. The Morgan fingerprint density at radius 2 is 2.27 bits per heavy atom. The molecule has 1 aromatic rings. The van der Waals surface area contributed by atoms with Crippen molar-refractivity contribution in [2.24, 2.45) is 17.8 Å². The van der Waals surface area contributed by atoms with Crippen LogP contribution in [0.4, 0.5) is 0 Å². The monoisotopic (exact) mass is 205 g/mol. The first kappa shape index (κ1) is 9.40. The molecule has 1 heterocycles. The van der Waals surface area contributed by atoms with Gasteiger partial charge in [0, 0.05) is 24.9 Å². The highest BCUT2D eigenvalue weighted by atomic mass is 14.9. The maximum Gasteiger partial charge on any atom is 0.107 e. The van der Waals surface area contributed by atoms with Gasteiger partial charge in [0.1, 0.15) is 5.82 Å². The van der Waals surface area contributed by atoms with Crippen molar-refractivity contribution in [2.45, 2.75) is 31.7 Å². The molecule has 2 fully saturated rings. The fraction of sp³-hybridized carbons (Fsp3) is 0.750. The Labute approximate surface area is 90.7 Å². The van der Waals surface area contributed by atoms with Crippen LogP contribution in [0, 0.1) is 17.8 Å². The lowest BCUT2D eigenvalue weighted by Crippen LogP contribution is -2.35. The number of fused-ring (bicyclic) bond motifs is 1. The predicted molar refractivity (Wildman–Crippen MR) is 59.5 cm³/mol. The lowest BCUT2D eigenvalue weighted by Gasteiger charge is -2.23. The van der Waals surface area contributed by atoms with E-state index in [0.717, 1.165) is 30.0 Å². The summed E-state index contributed by atoms with van der Waals surface area (Å²) >= 11 is 0. The van der Waals surface area contributed by atoms with Crippen molar-refractivity contribution in [1.29, 1.82) is 0 Å². The summed E-state index contributed by atoms with van der Waals surface area (Å²) in [6.07, 6.45) is 9.19. The van der Waals surface area contributed by atoms with Gasteiger partial charge < -0.3 is 10.3 Å². The normalized spacial score (nSPS) is 35.1. The second-order valence-corrected chi connectivity index (χ2v) is 5.12. The molecule has 82 valence electrons. The van der Waals surface area contributed by atoms with Gasteiger partial charge in [-0.15, -0.1) is 0 Å². The molecule has 3 rings (SSSR count). The molecule has 0 radical (unpaired) electrons. The van der Waals surface area contributed by atoms with Crippen LogP contribution in [-0.2, 0) is 6.42 Å². The number of hydrogen-bond donors (Lipinski definition) is 2. The van der Waals surface area contributed by atoms with E-state index < -0.39 is 0 Å². The summed E-state index contributed by atoms with van der Waals surface area (Å²) in [5.41, 5.74) is 0. The number of rotatable bonds is 4. The molecule has 2 saturated carbocycles. The Kier molecular flexibility index (Phi) is 2.28. The van der Waals surface area contributed by atoms with Gasteiger partial charge in [0.05, 0.1) is 0 Å². The van der Waals surface area contributed by atoms with Crippen molar-refractivity contribution in [3.8, 4) is 0 Å². The smallest absolute Gasteiger partial charge is 0.107 e. The molecule has 0 amide bonds. The second-order valence-electron chi connectivity index (χ2n) is 5.12. The average Bonchev–Trinajstić information content (AvgIpc) is 2.73. The second kappa shape index (κ2) is 3.63. The minimum absolute atomic E-state index is 0.615. The number of nitrogens with zero attached hydrogens (tertiary/aromatic N) is 1. The van der Waals surface area contributed by atoms with Crippen molar-refractivity contribution in [3.63, 3.8) is 0 Å². The Morgan fingerprint density at radius 3 is 2.87 bits per heavy atom. The highest BCUT2D eigenvalue weighted by Gasteiger charge is 2.47. The van der Waals surface area contributed by atoms with Crippen molar-refractivity contribution in [1.82, 2.24) is 15.3 Å². The fourth-order valence-corrected chi connectivity index (χ4v) is 3.21. The molecule has 1 aromatic heterocycles. The third-order valence-electron chi connectivity index (χ3n) is 4.19. The Morgan fingerprint density at radius 1 is 1.47 bits per heavy atom. The van der Waals surface area contributed by atoms with E-state index in [2.05, 4.69) is 22.3 Å². The van der Waals surface area contributed by atoms with Crippen LogP contribution in [0.25, 0.3) is 0 Å². The van der Waals surface area contributed by atoms with E-state index in [1.165, 1.54) is 19.3 Å². The number of aromatic amines is 1. The van der Waals surface area contributed by atoms with Gasteiger partial charge in [0.25, 0.3) is 0 Å². The topological polar surface area (TPSA) is 40.7 Å². The maximum atomic E-state index is 4.31. The van der Waals surface area contributed by atoms with E-state index in [1.54, 1.807) is 0 Å². The van der Waals surface area contributed by atoms with Crippen molar-refractivity contribution < 1.29 is 0 Å². The summed E-state index contributed by atoms with van der Waals surface area (Å²) in [7, 11) is 2.08.